The largest absolute Gasteiger partial charge is 0.361 e. The van der Waals surface area contributed by atoms with E-state index in [4.69, 9.17) is 5.73 Å². The number of rotatable bonds is 3. The molecule has 0 aliphatic carbocycles. The van der Waals surface area contributed by atoms with E-state index in [1.807, 2.05) is 79.7 Å². The summed E-state index contributed by atoms with van der Waals surface area (Å²) in [5.41, 5.74) is 6.91. The number of carbonyl (C=O) groups excluding carboxylic acids is 2. The third-order valence-corrected chi connectivity index (χ3v) is 4.13. The van der Waals surface area contributed by atoms with Crippen molar-refractivity contribution in [3.8, 4) is 0 Å². The molecule has 0 saturated heterocycles. The fourth-order valence-electron chi connectivity index (χ4n) is 2.91. The average molecular weight is 318 g/mol. The van der Waals surface area contributed by atoms with Gasteiger partial charge in [-0.15, -0.1) is 0 Å². The smallest absolute Gasteiger partial charge is 0.316 e. The Kier molecular flexibility index (Phi) is 4.29. The Morgan fingerprint density at radius 3 is 2.21 bits per heavy atom. The summed E-state index contributed by atoms with van der Waals surface area (Å²) in [5.74, 6) is -1.69. The van der Waals surface area contributed by atoms with Gasteiger partial charge < -0.3 is 5.73 Å². The lowest BCUT2D eigenvalue weighted by Crippen LogP contribution is -2.42. The molecule has 3 aromatic rings. The number of amides is 2. The number of benzene rings is 3. The number of hydrogen-bond acceptors (Lipinski definition) is 2. The van der Waals surface area contributed by atoms with Crippen LogP contribution in [0.2, 0.25) is 0 Å². The predicted molar refractivity (Wildman–Crippen MR) is 95.5 cm³/mol. The summed E-state index contributed by atoms with van der Waals surface area (Å²) in [6.45, 7) is 1.89. The van der Waals surface area contributed by atoms with E-state index in [0.717, 1.165) is 16.3 Å². The summed E-state index contributed by atoms with van der Waals surface area (Å²) in [4.78, 5) is 25.6. The Morgan fingerprint density at radius 2 is 1.50 bits per heavy atom. The van der Waals surface area contributed by atoms with Crippen molar-refractivity contribution in [2.45, 2.75) is 13.0 Å². The molecule has 3 aromatic carbocycles. The molecule has 0 aromatic heterocycles. The summed E-state index contributed by atoms with van der Waals surface area (Å²) in [6, 6.07) is 22.7. The van der Waals surface area contributed by atoms with Gasteiger partial charge in [0.15, 0.2) is 0 Å². The molecule has 4 nitrogen and oxygen atoms in total. The second kappa shape index (κ2) is 6.54. The topological polar surface area (TPSA) is 63.4 Å². The van der Waals surface area contributed by atoms with Crippen LogP contribution >= 0.6 is 0 Å². The Labute approximate surface area is 140 Å². The van der Waals surface area contributed by atoms with Gasteiger partial charge in [0.2, 0.25) is 0 Å². The molecule has 0 aliphatic heterocycles. The van der Waals surface area contributed by atoms with Gasteiger partial charge in [0.25, 0.3) is 0 Å². The third kappa shape index (κ3) is 2.86. The first kappa shape index (κ1) is 15.7. The Morgan fingerprint density at radius 1 is 0.875 bits per heavy atom. The van der Waals surface area contributed by atoms with Crippen molar-refractivity contribution in [3.63, 3.8) is 0 Å². The molecular formula is C20H18N2O2. The minimum Gasteiger partial charge on any atom is -0.361 e. The lowest BCUT2D eigenvalue weighted by molar-refractivity contribution is -0.135. The number of nitrogens with two attached hydrogens (primary N) is 1. The van der Waals surface area contributed by atoms with E-state index in [-0.39, 0.29) is 6.04 Å². The van der Waals surface area contributed by atoms with Crippen molar-refractivity contribution in [3.05, 3.63) is 78.4 Å². The zero-order valence-electron chi connectivity index (χ0n) is 13.3. The number of primary amides is 1. The van der Waals surface area contributed by atoms with Crippen LogP contribution < -0.4 is 10.6 Å². The second-order valence-electron chi connectivity index (χ2n) is 5.62. The van der Waals surface area contributed by atoms with Gasteiger partial charge in [-0.25, -0.2) is 0 Å². The highest BCUT2D eigenvalue weighted by Gasteiger charge is 2.28. The third-order valence-electron chi connectivity index (χ3n) is 4.13. The molecule has 0 bridgehead atoms. The van der Waals surface area contributed by atoms with Gasteiger partial charge >= 0.3 is 11.8 Å². The van der Waals surface area contributed by atoms with Gasteiger partial charge in [-0.1, -0.05) is 66.7 Å². The zero-order chi connectivity index (χ0) is 17.1. The maximum Gasteiger partial charge on any atom is 0.316 e. The predicted octanol–water partition coefficient (Wildman–Crippen LogP) is 3.42. The lowest BCUT2D eigenvalue weighted by Gasteiger charge is -2.29. The summed E-state index contributed by atoms with van der Waals surface area (Å²) in [6.07, 6.45) is 0. The zero-order valence-corrected chi connectivity index (χ0v) is 13.3. The molecule has 0 unspecified atom stereocenters. The van der Waals surface area contributed by atoms with Crippen molar-refractivity contribution in [2.75, 3.05) is 4.90 Å². The van der Waals surface area contributed by atoms with E-state index in [0.29, 0.717) is 5.69 Å². The van der Waals surface area contributed by atoms with E-state index < -0.39 is 11.8 Å². The summed E-state index contributed by atoms with van der Waals surface area (Å²) < 4.78 is 0. The van der Waals surface area contributed by atoms with Crippen LogP contribution in [0.5, 0.6) is 0 Å². The second-order valence-corrected chi connectivity index (χ2v) is 5.62. The number of nitrogens with zero attached hydrogens (tertiary/aromatic N) is 1. The fourth-order valence-corrected chi connectivity index (χ4v) is 2.91. The Hall–Kier alpha value is -3.14. The quantitative estimate of drug-likeness (QED) is 0.752. The van der Waals surface area contributed by atoms with Crippen LogP contribution in [0.15, 0.2) is 72.8 Å². The fraction of sp³-hybridized carbons (Fsp3) is 0.100. The van der Waals surface area contributed by atoms with Gasteiger partial charge in [-0.3, -0.25) is 14.5 Å². The summed E-state index contributed by atoms with van der Waals surface area (Å²) in [7, 11) is 0. The molecule has 2 amide bonds. The monoisotopic (exact) mass is 318 g/mol. The van der Waals surface area contributed by atoms with E-state index >= 15 is 0 Å². The number of hydrogen-bond donors (Lipinski definition) is 1. The van der Waals surface area contributed by atoms with E-state index in [9.17, 15) is 9.59 Å². The molecule has 0 fully saturated rings. The van der Waals surface area contributed by atoms with Crippen molar-refractivity contribution in [2.24, 2.45) is 5.73 Å². The molecule has 0 radical (unpaired) electrons. The van der Waals surface area contributed by atoms with Gasteiger partial charge in [0.1, 0.15) is 0 Å². The van der Waals surface area contributed by atoms with Crippen molar-refractivity contribution < 1.29 is 9.59 Å². The molecule has 0 aliphatic rings. The number of carbonyl (C=O) groups is 2. The van der Waals surface area contributed by atoms with E-state index in [1.54, 1.807) is 0 Å². The average Bonchev–Trinajstić information content (AvgIpc) is 2.62. The maximum atomic E-state index is 12.6. The van der Waals surface area contributed by atoms with Gasteiger partial charge in [0, 0.05) is 5.39 Å². The van der Waals surface area contributed by atoms with Crippen LogP contribution in [-0.2, 0) is 9.59 Å². The Bertz CT molecular complexity index is 885. The van der Waals surface area contributed by atoms with Crippen LogP contribution in [0.3, 0.4) is 0 Å². The summed E-state index contributed by atoms with van der Waals surface area (Å²) in [5, 5.41) is 1.90. The highest BCUT2D eigenvalue weighted by atomic mass is 16.2. The molecule has 3 rings (SSSR count). The maximum absolute atomic E-state index is 12.6. The lowest BCUT2D eigenvalue weighted by atomic mass is 10.0. The molecule has 0 heterocycles. The number of fused-ring (bicyclic) bond motifs is 1. The summed E-state index contributed by atoms with van der Waals surface area (Å²) >= 11 is 0. The highest BCUT2D eigenvalue weighted by molar-refractivity contribution is 6.40. The van der Waals surface area contributed by atoms with Crippen LogP contribution in [0.25, 0.3) is 10.8 Å². The van der Waals surface area contributed by atoms with Crippen LogP contribution in [0.1, 0.15) is 18.5 Å². The molecule has 24 heavy (non-hydrogen) atoms. The van der Waals surface area contributed by atoms with Crippen LogP contribution in [-0.4, -0.2) is 11.8 Å². The Balaban J connectivity index is 2.18. The van der Waals surface area contributed by atoms with Crippen molar-refractivity contribution in [1.82, 2.24) is 0 Å². The van der Waals surface area contributed by atoms with Crippen LogP contribution in [0.4, 0.5) is 5.69 Å². The molecule has 4 heteroatoms. The first-order valence-electron chi connectivity index (χ1n) is 7.75. The van der Waals surface area contributed by atoms with Crippen molar-refractivity contribution >= 4 is 28.3 Å². The normalized spacial score (nSPS) is 11.9. The minimum atomic E-state index is -0.967. The van der Waals surface area contributed by atoms with Crippen molar-refractivity contribution in [1.29, 1.82) is 0 Å². The highest BCUT2D eigenvalue weighted by Crippen LogP contribution is 2.33. The van der Waals surface area contributed by atoms with Gasteiger partial charge in [-0.05, 0) is 23.9 Å². The number of anilines is 1. The van der Waals surface area contributed by atoms with Crippen LogP contribution in [0, 0.1) is 0 Å². The molecule has 1 atom stereocenters. The molecule has 0 saturated carbocycles. The minimum absolute atomic E-state index is 0.322. The standard InChI is InChI=1S/C20H18N2O2/c1-14(15-8-3-2-4-9-15)22(20(24)19(21)23)18-13-7-11-16-10-5-6-12-17(16)18/h2-14H,1H3,(H2,21,23)/t14-/m0/s1. The molecule has 120 valence electrons. The molecule has 0 spiro atoms. The molecular weight excluding hydrogens is 300 g/mol. The molecule has 2 N–H and O–H groups in total. The van der Waals surface area contributed by atoms with Gasteiger partial charge in [0.05, 0.1) is 11.7 Å². The first-order valence-corrected chi connectivity index (χ1v) is 7.75. The van der Waals surface area contributed by atoms with Gasteiger partial charge in [-0.2, -0.15) is 0 Å². The van der Waals surface area contributed by atoms with E-state index in [1.165, 1.54) is 4.90 Å². The SMILES string of the molecule is C[C@@H](c1ccccc1)N(C(=O)C(N)=O)c1cccc2ccccc12. The van der Waals surface area contributed by atoms with E-state index in [2.05, 4.69) is 0 Å². The first-order chi connectivity index (χ1) is 11.6.